The van der Waals surface area contributed by atoms with Gasteiger partial charge >= 0.3 is 0 Å². The number of halogens is 1. The predicted octanol–water partition coefficient (Wildman–Crippen LogP) is 3.39. The Kier molecular flexibility index (Phi) is 6.08. The number of rotatable bonds is 6. The van der Waals surface area contributed by atoms with Crippen LogP contribution in [-0.4, -0.2) is 26.7 Å². The molecule has 2 aromatic carbocycles. The zero-order chi connectivity index (χ0) is 18.6. The van der Waals surface area contributed by atoms with Gasteiger partial charge in [0.25, 0.3) is 5.91 Å². The van der Waals surface area contributed by atoms with Gasteiger partial charge in [0.05, 0.1) is 10.9 Å². The van der Waals surface area contributed by atoms with Gasteiger partial charge in [-0.2, -0.15) is 0 Å². The van der Waals surface area contributed by atoms with Gasteiger partial charge in [-0.25, -0.2) is 8.42 Å². The largest absolute Gasteiger partial charge is 0.481 e. The van der Waals surface area contributed by atoms with Crippen LogP contribution in [0.5, 0.6) is 5.75 Å². The molecule has 134 valence electrons. The minimum absolute atomic E-state index is 0.245. The lowest BCUT2D eigenvalue weighted by Gasteiger charge is -2.19. The highest BCUT2D eigenvalue weighted by molar-refractivity contribution is 7.90. The van der Waals surface area contributed by atoms with Crippen molar-refractivity contribution in [1.29, 1.82) is 0 Å². The first-order valence-corrected chi connectivity index (χ1v) is 9.96. The smallest absolute Gasteiger partial charge is 0.261 e. The molecule has 25 heavy (non-hydrogen) atoms. The van der Waals surface area contributed by atoms with Gasteiger partial charge in [-0.1, -0.05) is 23.7 Å². The summed E-state index contributed by atoms with van der Waals surface area (Å²) in [6, 6.07) is 12.9. The number of carbonyl (C=O) groups is 1. The summed E-state index contributed by atoms with van der Waals surface area (Å²) in [5.41, 5.74) is 0.805. The summed E-state index contributed by atoms with van der Waals surface area (Å²) in [4.78, 5) is 12.5. The molecule has 5 nitrogen and oxygen atoms in total. The van der Waals surface area contributed by atoms with Crippen LogP contribution < -0.4 is 10.1 Å². The van der Waals surface area contributed by atoms with Crippen molar-refractivity contribution in [3.63, 3.8) is 0 Å². The molecule has 0 aromatic heterocycles. The third kappa shape index (κ3) is 5.47. The van der Waals surface area contributed by atoms with Gasteiger partial charge in [0.1, 0.15) is 5.75 Å². The topological polar surface area (TPSA) is 72.5 Å². The number of amides is 1. The first-order valence-electron chi connectivity index (χ1n) is 7.69. The lowest BCUT2D eigenvalue weighted by atomic mass is 10.1. The van der Waals surface area contributed by atoms with E-state index in [1.54, 1.807) is 43.3 Å². The maximum Gasteiger partial charge on any atom is 0.261 e. The minimum Gasteiger partial charge on any atom is -0.481 e. The van der Waals surface area contributed by atoms with Crippen LogP contribution in [0.1, 0.15) is 25.5 Å². The van der Waals surface area contributed by atoms with Crippen molar-refractivity contribution in [1.82, 2.24) is 5.32 Å². The molecule has 0 unspecified atom stereocenters. The number of sulfone groups is 1. The Balaban J connectivity index is 1.97. The van der Waals surface area contributed by atoms with Gasteiger partial charge in [0.15, 0.2) is 15.9 Å². The lowest BCUT2D eigenvalue weighted by molar-refractivity contribution is -0.127. The highest BCUT2D eigenvalue weighted by Gasteiger charge is 2.18. The van der Waals surface area contributed by atoms with E-state index in [-0.39, 0.29) is 16.8 Å². The molecule has 0 aliphatic heterocycles. The third-order valence-electron chi connectivity index (χ3n) is 3.66. The van der Waals surface area contributed by atoms with Gasteiger partial charge in [-0.05, 0) is 55.8 Å². The second-order valence-electron chi connectivity index (χ2n) is 5.79. The molecule has 0 heterocycles. The zero-order valence-electron chi connectivity index (χ0n) is 14.2. The molecule has 1 N–H and O–H groups in total. The third-order valence-corrected chi connectivity index (χ3v) is 5.04. The Hall–Kier alpha value is -2.05. The van der Waals surface area contributed by atoms with Gasteiger partial charge in [-0.15, -0.1) is 0 Å². The summed E-state index contributed by atoms with van der Waals surface area (Å²) in [7, 11) is -3.24. The second kappa shape index (κ2) is 7.89. The number of carbonyl (C=O) groups excluding carboxylic acids is 1. The SMILES string of the molecule is C[C@H](NC(=O)[C@@H](C)Oc1ccc(Cl)cc1)c1ccc(S(C)(=O)=O)cc1. The molecule has 2 atom stereocenters. The monoisotopic (exact) mass is 381 g/mol. The summed E-state index contributed by atoms with van der Waals surface area (Å²) in [6.45, 7) is 3.48. The fraction of sp³-hybridized carbons (Fsp3) is 0.278. The van der Waals surface area contributed by atoms with Gasteiger partial charge < -0.3 is 10.1 Å². The molecule has 0 fully saturated rings. The Morgan fingerprint density at radius 1 is 1.04 bits per heavy atom. The van der Waals surface area contributed by atoms with Crippen LogP contribution in [0.3, 0.4) is 0 Å². The highest BCUT2D eigenvalue weighted by Crippen LogP contribution is 2.18. The molecule has 0 aliphatic carbocycles. The normalized spacial score (nSPS) is 13.8. The van der Waals surface area contributed by atoms with Crippen LogP contribution in [0.4, 0.5) is 0 Å². The van der Waals surface area contributed by atoms with Crippen LogP contribution in [-0.2, 0) is 14.6 Å². The van der Waals surface area contributed by atoms with Crippen LogP contribution in [0.2, 0.25) is 5.02 Å². The van der Waals surface area contributed by atoms with E-state index in [0.717, 1.165) is 11.8 Å². The Morgan fingerprint density at radius 3 is 2.12 bits per heavy atom. The average Bonchev–Trinajstić information content (AvgIpc) is 2.56. The fourth-order valence-corrected chi connectivity index (χ4v) is 2.95. The maximum absolute atomic E-state index is 12.3. The number of benzene rings is 2. The molecule has 0 saturated heterocycles. The predicted molar refractivity (Wildman–Crippen MR) is 97.7 cm³/mol. The Bertz CT molecular complexity index is 832. The molecule has 2 rings (SSSR count). The van der Waals surface area contributed by atoms with Crippen molar-refractivity contribution in [2.75, 3.05) is 6.26 Å². The maximum atomic E-state index is 12.3. The molecule has 0 bridgehead atoms. The van der Waals surface area contributed by atoms with Crippen molar-refractivity contribution in [3.8, 4) is 5.75 Å². The standard InChI is InChI=1S/C18H20ClNO4S/c1-12(14-4-10-17(11-5-14)25(3,22)23)20-18(21)13(2)24-16-8-6-15(19)7-9-16/h4-13H,1-3H3,(H,20,21)/t12-,13+/m0/s1. The summed E-state index contributed by atoms with van der Waals surface area (Å²) < 4.78 is 28.5. The molecule has 0 radical (unpaired) electrons. The summed E-state index contributed by atoms with van der Waals surface area (Å²) >= 11 is 5.81. The van der Waals surface area contributed by atoms with Gasteiger partial charge in [-0.3, -0.25) is 4.79 Å². The van der Waals surface area contributed by atoms with E-state index in [0.29, 0.717) is 10.8 Å². The first kappa shape index (κ1) is 19.3. The van der Waals surface area contributed by atoms with E-state index in [1.165, 1.54) is 12.1 Å². The Labute approximate surface area is 152 Å². The molecule has 0 spiro atoms. The Morgan fingerprint density at radius 2 is 1.60 bits per heavy atom. The van der Waals surface area contributed by atoms with E-state index < -0.39 is 15.9 Å². The number of hydrogen-bond donors (Lipinski definition) is 1. The molecule has 0 aliphatic rings. The molecular formula is C18H20ClNO4S. The molecule has 7 heteroatoms. The van der Waals surface area contributed by atoms with Crippen LogP contribution >= 0.6 is 11.6 Å². The van der Waals surface area contributed by atoms with E-state index in [9.17, 15) is 13.2 Å². The second-order valence-corrected chi connectivity index (χ2v) is 8.24. The van der Waals surface area contributed by atoms with Gasteiger partial charge in [0, 0.05) is 11.3 Å². The van der Waals surface area contributed by atoms with Crippen molar-refractivity contribution in [3.05, 3.63) is 59.1 Å². The molecule has 0 saturated carbocycles. The fourth-order valence-electron chi connectivity index (χ4n) is 2.19. The summed E-state index contributed by atoms with van der Waals surface area (Å²) in [5, 5.41) is 3.44. The summed E-state index contributed by atoms with van der Waals surface area (Å²) in [5.74, 6) is 0.284. The van der Waals surface area contributed by atoms with Crippen molar-refractivity contribution < 1.29 is 17.9 Å². The van der Waals surface area contributed by atoms with Gasteiger partial charge in [0.2, 0.25) is 0 Å². The first-order chi connectivity index (χ1) is 11.7. The van der Waals surface area contributed by atoms with Crippen molar-refractivity contribution in [2.45, 2.75) is 30.9 Å². The zero-order valence-corrected chi connectivity index (χ0v) is 15.8. The molecule has 2 aromatic rings. The van der Waals surface area contributed by atoms with E-state index in [2.05, 4.69) is 5.32 Å². The van der Waals surface area contributed by atoms with Crippen LogP contribution in [0.25, 0.3) is 0 Å². The number of ether oxygens (including phenoxy) is 1. The quantitative estimate of drug-likeness (QED) is 0.832. The average molecular weight is 382 g/mol. The minimum atomic E-state index is -3.24. The van der Waals surface area contributed by atoms with Crippen molar-refractivity contribution >= 4 is 27.3 Å². The van der Waals surface area contributed by atoms with E-state index >= 15 is 0 Å². The van der Waals surface area contributed by atoms with E-state index in [4.69, 9.17) is 16.3 Å². The number of hydrogen-bond acceptors (Lipinski definition) is 4. The molecule has 1 amide bonds. The summed E-state index contributed by atoms with van der Waals surface area (Å²) in [6.07, 6.45) is 0.474. The van der Waals surface area contributed by atoms with Crippen LogP contribution in [0, 0.1) is 0 Å². The molecular weight excluding hydrogens is 362 g/mol. The van der Waals surface area contributed by atoms with E-state index in [1.807, 2.05) is 6.92 Å². The lowest BCUT2D eigenvalue weighted by Crippen LogP contribution is -2.37. The number of nitrogens with one attached hydrogen (secondary N) is 1. The van der Waals surface area contributed by atoms with Crippen molar-refractivity contribution in [2.24, 2.45) is 0 Å². The highest BCUT2D eigenvalue weighted by atomic mass is 35.5. The van der Waals surface area contributed by atoms with Crippen LogP contribution in [0.15, 0.2) is 53.4 Å².